The Kier molecular flexibility index (Phi) is 4.52. The van der Waals surface area contributed by atoms with Crippen LogP contribution in [0.25, 0.3) is 0 Å². The Balaban J connectivity index is 1.85. The van der Waals surface area contributed by atoms with Crippen LogP contribution in [0, 0.1) is 5.92 Å². The summed E-state index contributed by atoms with van der Waals surface area (Å²) < 4.78 is 12.3. The molecule has 0 radical (unpaired) electrons. The van der Waals surface area contributed by atoms with Crippen LogP contribution in [0.15, 0.2) is 24.3 Å². The lowest BCUT2D eigenvalue weighted by atomic mass is 9.75. The number of carbonyl (C=O) groups excluding carboxylic acids is 1. The molecule has 0 aliphatic carbocycles. The highest BCUT2D eigenvalue weighted by atomic mass is 16.7. The van der Waals surface area contributed by atoms with Gasteiger partial charge in [-0.25, -0.2) is 0 Å². The summed E-state index contributed by atoms with van der Waals surface area (Å²) in [6, 6.07) is 7.69. The van der Waals surface area contributed by atoms with Crippen molar-refractivity contribution in [3.8, 4) is 0 Å². The van der Waals surface area contributed by atoms with Crippen LogP contribution < -0.4 is 5.46 Å². The molecular formula is C19H28BNO3. The normalized spacial score (nSPS) is 23.5. The lowest BCUT2D eigenvalue weighted by molar-refractivity contribution is 0.00578. The molecule has 0 aromatic heterocycles. The molecule has 5 heteroatoms. The van der Waals surface area contributed by atoms with Crippen molar-refractivity contribution < 1.29 is 14.1 Å². The first kappa shape index (κ1) is 17.5. The second-order valence-corrected chi connectivity index (χ2v) is 8.15. The summed E-state index contributed by atoms with van der Waals surface area (Å²) in [5.74, 6) is 0.791. The number of amides is 1. The molecule has 4 nitrogen and oxygen atoms in total. The molecule has 3 rings (SSSR count). The second kappa shape index (κ2) is 6.19. The minimum Gasteiger partial charge on any atom is -0.399 e. The zero-order valence-corrected chi connectivity index (χ0v) is 15.5. The first-order chi connectivity index (χ1) is 11.2. The molecule has 24 heavy (non-hydrogen) atoms. The van der Waals surface area contributed by atoms with Crippen molar-refractivity contribution >= 4 is 18.5 Å². The summed E-state index contributed by atoms with van der Waals surface area (Å²) in [5.41, 5.74) is 0.716. The number of nitrogens with zero attached hydrogens (tertiary/aromatic N) is 1. The molecule has 130 valence electrons. The van der Waals surface area contributed by atoms with Crippen molar-refractivity contribution in [3.63, 3.8) is 0 Å². The smallest absolute Gasteiger partial charge is 0.399 e. The SMILES string of the molecule is CC1CCN(C(=O)c2ccccc2B2OC(C)(C)C(C)(C)O2)CC1. The summed E-state index contributed by atoms with van der Waals surface area (Å²) >= 11 is 0. The molecule has 2 heterocycles. The number of hydrogen-bond donors (Lipinski definition) is 0. The Morgan fingerprint density at radius 1 is 1.08 bits per heavy atom. The third kappa shape index (κ3) is 3.12. The summed E-state index contributed by atoms with van der Waals surface area (Å²) in [4.78, 5) is 15.0. The quantitative estimate of drug-likeness (QED) is 0.783. The lowest BCUT2D eigenvalue weighted by Gasteiger charge is -2.32. The molecule has 2 aliphatic rings. The minimum atomic E-state index is -0.501. The molecule has 0 saturated carbocycles. The van der Waals surface area contributed by atoms with Gasteiger partial charge in [0, 0.05) is 18.7 Å². The average molecular weight is 329 g/mol. The number of likely N-dealkylation sites (tertiary alicyclic amines) is 1. The van der Waals surface area contributed by atoms with Crippen LogP contribution in [0.2, 0.25) is 0 Å². The van der Waals surface area contributed by atoms with E-state index in [0.29, 0.717) is 11.5 Å². The highest BCUT2D eigenvalue weighted by Crippen LogP contribution is 2.36. The van der Waals surface area contributed by atoms with Gasteiger partial charge in [0.25, 0.3) is 5.91 Å². The number of hydrogen-bond acceptors (Lipinski definition) is 3. The Bertz CT molecular complexity index is 605. The highest BCUT2D eigenvalue weighted by molar-refractivity contribution is 6.63. The zero-order chi connectivity index (χ0) is 17.5. The maximum absolute atomic E-state index is 13.0. The van der Waals surface area contributed by atoms with Gasteiger partial charge in [0.15, 0.2) is 0 Å². The number of benzene rings is 1. The van der Waals surface area contributed by atoms with Crippen molar-refractivity contribution in [3.05, 3.63) is 29.8 Å². The summed E-state index contributed by atoms with van der Waals surface area (Å²) in [6.45, 7) is 12.0. The second-order valence-electron chi connectivity index (χ2n) is 8.15. The lowest BCUT2D eigenvalue weighted by Crippen LogP contribution is -2.44. The summed E-state index contributed by atoms with van der Waals surface area (Å²) in [7, 11) is -0.501. The Labute approximate surface area is 145 Å². The van der Waals surface area contributed by atoms with E-state index >= 15 is 0 Å². The Morgan fingerprint density at radius 3 is 2.21 bits per heavy atom. The van der Waals surface area contributed by atoms with Gasteiger partial charge < -0.3 is 14.2 Å². The maximum atomic E-state index is 13.0. The number of rotatable bonds is 2. The number of carbonyl (C=O) groups is 1. The van der Waals surface area contributed by atoms with Crippen molar-refractivity contribution in [2.24, 2.45) is 5.92 Å². The molecule has 0 unspecified atom stereocenters. The first-order valence-electron chi connectivity index (χ1n) is 8.95. The molecule has 2 saturated heterocycles. The Hall–Kier alpha value is -1.33. The van der Waals surface area contributed by atoms with Crippen molar-refractivity contribution in [2.45, 2.75) is 58.7 Å². The van der Waals surface area contributed by atoms with Crippen molar-refractivity contribution in [1.82, 2.24) is 4.90 Å². The van der Waals surface area contributed by atoms with Crippen molar-refractivity contribution in [2.75, 3.05) is 13.1 Å². The van der Waals surface area contributed by atoms with E-state index in [1.54, 1.807) is 0 Å². The van der Waals surface area contributed by atoms with Gasteiger partial charge in [0.2, 0.25) is 0 Å². The van der Waals surface area contributed by atoms with Gasteiger partial charge in [-0.3, -0.25) is 4.79 Å². The molecule has 2 fully saturated rings. The van der Waals surface area contributed by atoms with Crippen LogP contribution in [0.3, 0.4) is 0 Å². The molecule has 1 aromatic rings. The largest absolute Gasteiger partial charge is 0.495 e. The van der Waals surface area contributed by atoms with Gasteiger partial charge in [0.05, 0.1) is 11.2 Å². The van der Waals surface area contributed by atoms with Crippen LogP contribution in [-0.4, -0.2) is 42.2 Å². The van der Waals surface area contributed by atoms with E-state index in [1.165, 1.54) is 0 Å². The van der Waals surface area contributed by atoms with E-state index in [1.807, 2.05) is 56.9 Å². The highest BCUT2D eigenvalue weighted by Gasteiger charge is 2.52. The van der Waals surface area contributed by atoms with E-state index < -0.39 is 18.3 Å². The van der Waals surface area contributed by atoms with Crippen molar-refractivity contribution in [1.29, 1.82) is 0 Å². The zero-order valence-electron chi connectivity index (χ0n) is 15.5. The number of piperidine rings is 1. The molecule has 1 aromatic carbocycles. The van der Waals surface area contributed by atoms with Gasteiger partial charge >= 0.3 is 7.12 Å². The van der Waals surface area contributed by atoms with E-state index in [0.717, 1.165) is 31.4 Å². The average Bonchev–Trinajstić information content (AvgIpc) is 2.75. The monoisotopic (exact) mass is 329 g/mol. The molecule has 1 amide bonds. The third-order valence-electron chi connectivity index (χ3n) is 5.77. The van der Waals surface area contributed by atoms with Crippen LogP contribution in [0.1, 0.15) is 57.8 Å². The molecule has 0 N–H and O–H groups in total. The predicted molar refractivity (Wildman–Crippen MR) is 96.5 cm³/mol. The molecular weight excluding hydrogens is 301 g/mol. The van der Waals surface area contributed by atoms with Gasteiger partial charge in [-0.15, -0.1) is 0 Å². The van der Waals surface area contributed by atoms with E-state index in [-0.39, 0.29) is 5.91 Å². The molecule has 0 bridgehead atoms. The van der Waals surface area contributed by atoms with Crippen LogP contribution >= 0.6 is 0 Å². The Morgan fingerprint density at radius 2 is 1.62 bits per heavy atom. The fourth-order valence-corrected chi connectivity index (χ4v) is 3.25. The van der Waals surface area contributed by atoms with Gasteiger partial charge in [-0.2, -0.15) is 0 Å². The molecule has 0 spiro atoms. The van der Waals surface area contributed by atoms with E-state index in [2.05, 4.69) is 6.92 Å². The van der Waals surface area contributed by atoms with Gasteiger partial charge in [-0.05, 0) is 58.0 Å². The summed E-state index contributed by atoms with van der Waals surface area (Å²) in [5, 5.41) is 0. The van der Waals surface area contributed by atoms with Crippen LogP contribution in [-0.2, 0) is 9.31 Å². The van der Waals surface area contributed by atoms with Gasteiger partial charge in [-0.1, -0.05) is 25.1 Å². The maximum Gasteiger partial charge on any atom is 0.495 e. The van der Waals surface area contributed by atoms with Crippen LogP contribution in [0.5, 0.6) is 0 Å². The fraction of sp³-hybridized carbons (Fsp3) is 0.632. The molecule has 2 aliphatic heterocycles. The minimum absolute atomic E-state index is 0.0900. The van der Waals surface area contributed by atoms with Gasteiger partial charge in [0.1, 0.15) is 0 Å². The van der Waals surface area contributed by atoms with E-state index in [4.69, 9.17) is 9.31 Å². The first-order valence-corrected chi connectivity index (χ1v) is 8.95. The predicted octanol–water partition coefficient (Wildman–Crippen LogP) is 2.86. The van der Waals surface area contributed by atoms with E-state index in [9.17, 15) is 4.79 Å². The third-order valence-corrected chi connectivity index (χ3v) is 5.77. The van der Waals surface area contributed by atoms with Crippen LogP contribution in [0.4, 0.5) is 0 Å². The summed E-state index contributed by atoms with van der Waals surface area (Å²) in [6.07, 6.45) is 2.15. The molecule has 0 atom stereocenters. The topological polar surface area (TPSA) is 38.8 Å². The fourth-order valence-electron chi connectivity index (χ4n) is 3.25. The standard InChI is InChI=1S/C19H28BNO3/c1-14-10-12-21(13-11-14)17(22)15-8-6-7-9-16(15)20-23-18(2,3)19(4,5)24-20/h6-9,14H,10-13H2,1-5H3.